The van der Waals surface area contributed by atoms with Crippen LogP contribution in [0.2, 0.25) is 0 Å². The van der Waals surface area contributed by atoms with E-state index in [4.69, 9.17) is 14.9 Å². The third kappa shape index (κ3) is 5.02. The molecule has 7 rings (SSSR count). The number of esters is 1. The van der Waals surface area contributed by atoms with Crippen molar-refractivity contribution in [1.29, 1.82) is 5.41 Å². The standard InChI is InChI=1S/C30H33NO5S/c31-28-25(33)13-24(32)23-12-26(37-29(23)28)21-3-5-22(6-4-21)35-7-1-2-8-36-27(34)17-30-14-18-9-19(15-30)11-20(10-18)16-30/h3-6,12,18-20,31H,1-2,7-11,13-17H2. The van der Waals surface area contributed by atoms with Crippen molar-refractivity contribution < 1.29 is 23.9 Å². The number of rotatable bonds is 9. The van der Waals surface area contributed by atoms with Gasteiger partial charge in [0.05, 0.1) is 30.9 Å². The number of Topliss-reactive ketones (excluding diaryl/α,β-unsaturated/α-hetero) is 2. The Balaban J connectivity index is 0.925. The van der Waals surface area contributed by atoms with Crippen LogP contribution in [0.3, 0.4) is 0 Å². The molecule has 6 nitrogen and oxygen atoms in total. The third-order valence-electron chi connectivity index (χ3n) is 8.75. The lowest BCUT2D eigenvalue weighted by Crippen LogP contribution is -2.47. The van der Waals surface area contributed by atoms with Crippen LogP contribution in [0, 0.1) is 28.6 Å². The highest BCUT2D eigenvalue weighted by Crippen LogP contribution is 2.61. The average molecular weight is 520 g/mol. The summed E-state index contributed by atoms with van der Waals surface area (Å²) in [4.78, 5) is 37.8. The molecule has 194 valence electrons. The first-order chi connectivity index (χ1) is 17.9. The first kappa shape index (κ1) is 24.5. The first-order valence-corrected chi connectivity index (χ1v) is 14.4. The van der Waals surface area contributed by atoms with Crippen molar-refractivity contribution in [2.45, 2.75) is 64.2 Å². The van der Waals surface area contributed by atoms with Gasteiger partial charge in [0.15, 0.2) is 11.6 Å². The van der Waals surface area contributed by atoms with E-state index < -0.39 is 5.78 Å². The Morgan fingerprint density at radius 2 is 1.59 bits per heavy atom. The number of hydrogen-bond acceptors (Lipinski definition) is 7. The van der Waals surface area contributed by atoms with Crippen LogP contribution in [0.15, 0.2) is 30.3 Å². The Labute approximate surface area is 221 Å². The Bertz CT molecular complexity index is 1210. The number of unbranched alkanes of at least 4 members (excludes halogenated alkanes) is 1. The highest BCUT2D eigenvalue weighted by Gasteiger charge is 2.51. The second kappa shape index (κ2) is 9.82. The summed E-state index contributed by atoms with van der Waals surface area (Å²) < 4.78 is 11.5. The summed E-state index contributed by atoms with van der Waals surface area (Å²) in [7, 11) is 0. The number of carbonyl (C=O) groups is 3. The third-order valence-corrected chi connectivity index (χ3v) is 9.95. The second-order valence-electron chi connectivity index (χ2n) is 11.6. The van der Waals surface area contributed by atoms with Crippen molar-refractivity contribution in [3.8, 4) is 16.2 Å². The maximum Gasteiger partial charge on any atom is 0.306 e. The van der Waals surface area contributed by atoms with Crippen LogP contribution in [0.25, 0.3) is 10.4 Å². The van der Waals surface area contributed by atoms with Crippen LogP contribution < -0.4 is 4.74 Å². The maximum atomic E-state index is 12.5. The van der Waals surface area contributed by atoms with Crippen LogP contribution in [0.4, 0.5) is 0 Å². The van der Waals surface area contributed by atoms with Crippen LogP contribution >= 0.6 is 11.3 Å². The smallest absolute Gasteiger partial charge is 0.306 e. The summed E-state index contributed by atoms with van der Waals surface area (Å²) in [5.74, 6) is 2.67. The molecule has 1 aromatic carbocycles. The fraction of sp³-hybridized carbons (Fsp3) is 0.533. The lowest BCUT2D eigenvalue weighted by Gasteiger charge is -2.56. The van der Waals surface area contributed by atoms with E-state index in [9.17, 15) is 14.4 Å². The highest BCUT2D eigenvalue weighted by molar-refractivity contribution is 7.18. The summed E-state index contributed by atoms with van der Waals surface area (Å²) >= 11 is 1.31. The van der Waals surface area contributed by atoms with Gasteiger partial charge in [-0.1, -0.05) is 0 Å². The quantitative estimate of drug-likeness (QED) is 0.240. The second-order valence-corrected chi connectivity index (χ2v) is 12.7. The molecule has 2 aromatic rings. The van der Waals surface area contributed by atoms with Gasteiger partial charge in [-0.05, 0) is 110 Å². The number of hydrogen-bond donors (Lipinski definition) is 1. The number of thiophene rings is 1. The van der Waals surface area contributed by atoms with Crippen LogP contribution in [-0.2, 0) is 14.3 Å². The monoisotopic (exact) mass is 519 g/mol. The summed E-state index contributed by atoms with van der Waals surface area (Å²) in [6.45, 7) is 1.000. The zero-order valence-electron chi connectivity index (χ0n) is 21.1. The SMILES string of the molecule is N=C1C(=O)CC(=O)c2cc(-c3ccc(OCCCCOC(=O)CC45CC6CC(CC(C6)C4)C5)cc3)sc21. The van der Waals surface area contributed by atoms with E-state index in [0.29, 0.717) is 30.1 Å². The minimum Gasteiger partial charge on any atom is -0.494 e. The minimum atomic E-state index is -0.410. The molecule has 7 heteroatoms. The molecule has 4 saturated carbocycles. The topological polar surface area (TPSA) is 93.5 Å². The number of ether oxygens (including phenoxy) is 2. The normalized spacial score (nSPS) is 27.9. The van der Waals surface area contributed by atoms with E-state index in [2.05, 4.69) is 0 Å². The molecule has 0 radical (unpaired) electrons. The fourth-order valence-corrected chi connectivity index (χ4v) is 8.69. The lowest BCUT2D eigenvalue weighted by molar-refractivity contribution is -0.152. The number of ketones is 2. The van der Waals surface area contributed by atoms with Crippen molar-refractivity contribution in [2.24, 2.45) is 23.2 Å². The summed E-state index contributed by atoms with van der Waals surface area (Å²) in [6, 6.07) is 9.41. The molecule has 1 N–H and O–H groups in total. The van der Waals surface area contributed by atoms with Gasteiger partial charge in [0.2, 0.25) is 0 Å². The van der Waals surface area contributed by atoms with Crippen LogP contribution in [-0.4, -0.2) is 36.5 Å². The van der Waals surface area contributed by atoms with Gasteiger partial charge in [-0.3, -0.25) is 19.8 Å². The molecule has 1 heterocycles. The van der Waals surface area contributed by atoms with Gasteiger partial charge in [0, 0.05) is 10.4 Å². The molecule has 0 spiro atoms. The molecule has 4 bridgehead atoms. The van der Waals surface area contributed by atoms with E-state index in [1.807, 2.05) is 24.3 Å². The number of nitrogens with one attached hydrogen (secondary N) is 1. The van der Waals surface area contributed by atoms with Gasteiger partial charge in [-0.25, -0.2) is 0 Å². The average Bonchev–Trinajstić information content (AvgIpc) is 3.30. The molecular formula is C30H33NO5S. The lowest BCUT2D eigenvalue weighted by atomic mass is 9.49. The molecule has 0 amide bonds. The number of benzene rings is 1. The molecule has 0 saturated heterocycles. The van der Waals surface area contributed by atoms with Crippen LogP contribution in [0.5, 0.6) is 5.75 Å². The van der Waals surface area contributed by atoms with Crippen LogP contribution in [0.1, 0.15) is 79.4 Å². The van der Waals surface area contributed by atoms with E-state index in [-0.39, 0.29) is 29.3 Å². The molecule has 0 unspecified atom stereocenters. The largest absolute Gasteiger partial charge is 0.494 e. The van der Waals surface area contributed by atoms with Gasteiger partial charge < -0.3 is 9.47 Å². The Morgan fingerprint density at radius 3 is 2.27 bits per heavy atom. The van der Waals surface area contributed by atoms with Gasteiger partial charge in [-0.2, -0.15) is 0 Å². The van der Waals surface area contributed by atoms with E-state index >= 15 is 0 Å². The number of fused-ring (bicyclic) bond motifs is 1. The van der Waals surface area contributed by atoms with Crippen molar-refractivity contribution in [3.05, 3.63) is 40.8 Å². The summed E-state index contributed by atoms with van der Waals surface area (Å²) in [6.07, 6.45) is 9.86. The molecule has 0 aliphatic heterocycles. The molecule has 37 heavy (non-hydrogen) atoms. The van der Waals surface area contributed by atoms with E-state index in [1.165, 1.54) is 49.9 Å². The van der Waals surface area contributed by atoms with Gasteiger partial charge >= 0.3 is 5.97 Å². The zero-order chi connectivity index (χ0) is 25.6. The molecule has 0 atom stereocenters. The Hall–Kier alpha value is -2.80. The zero-order valence-corrected chi connectivity index (χ0v) is 21.9. The highest BCUT2D eigenvalue weighted by atomic mass is 32.1. The Kier molecular flexibility index (Phi) is 6.51. The van der Waals surface area contributed by atoms with E-state index in [1.54, 1.807) is 6.07 Å². The van der Waals surface area contributed by atoms with Gasteiger partial charge in [0.1, 0.15) is 11.5 Å². The predicted molar refractivity (Wildman–Crippen MR) is 141 cm³/mol. The molecular weight excluding hydrogens is 486 g/mol. The van der Waals surface area contributed by atoms with Crippen molar-refractivity contribution >= 4 is 34.6 Å². The van der Waals surface area contributed by atoms with Crippen molar-refractivity contribution in [2.75, 3.05) is 13.2 Å². The molecule has 5 aliphatic carbocycles. The molecule has 5 aliphatic rings. The minimum absolute atomic E-state index is 0.0186. The molecule has 4 fully saturated rings. The van der Waals surface area contributed by atoms with Crippen molar-refractivity contribution in [1.82, 2.24) is 0 Å². The van der Waals surface area contributed by atoms with Gasteiger partial charge in [-0.15, -0.1) is 11.3 Å². The predicted octanol–water partition coefficient (Wildman–Crippen LogP) is 6.25. The maximum absolute atomic E-state index is 12.5. The van der Waals surface area contributed by atoms with E-state index in [0.717, 1.165) is 46.8 Å². The Morgan fingerprint density at radius 1 is 0.946 bits per heavy atom. The molecule has 1 aromatic heterocycles. The van der Waals surface area contributed by atoms with Gasteiger partial charge in [0.25, 0.3) is 0 Å². The van der Waals surface area contributed by atoms with Crippen molar-refractivity contribution in [3.63, 3.8) is 0 Å². The fourth-order valence-electron chi connectivity index (χ4n) is 7.54. The number of carbonyl (C=O) groups excluding carboxylic acids is 3. The first-order valence-electron chi connectivity index (χ1n) is 13.6. The summed E-state index contributed by atoms with van der Waals surface area (Å²) in [5, 5.41) is 7.98. The summed E-state index contributed by atoms with van der Waals surface area (Å²) in [5.41, 5.74) is 1.57.